The van der Waals surface area contributed by atoms with E-state index in [1.165, 1.54) is 11.1 Å². The van der Waals surface area contributed by atoms with E-state index in [1.54, 1.807) is 12.4 Å². The average molecular weight is 423 g/mol. The van der Waals surface area contributed by atoms with Crippen LogP contribution in [-0.2, 0) is 6.54 Å². The topological polar surface area (TPSA) is 80.0 Å². The number of pyridine rings is 1. The molecule has 0 saturated carbocycles. The highest BCUT2D eigenvalue weighted by Gasteiger charge is 2.00. The first-order valence-electron chi connectivity index (χ1n) is 10.1. The second kappa shape index (κ2) is 14.2. The van der Waals surface area contributed by atoms with Gasteiger partial charge in [0.2, 0.25) is 0 Å². The number of nitrogens with two attached hydrogens (primary N) is 1. The third-order valence-corrected chi connectivity index (χ3v) is 4.72. The Morgan fingerprint density at radius 1 is 0.900 bits per heavy atom. The van der Waals surface area contributed by atoms with Gasteiger partial charge in [-0.25, -0.2) is 4.79 Å². The summed E-state index contributed by atoms with van der Waals surface area (Å²) in [6.45, 7) is 1.91. The van der Waals surface area contributed by atoms with E-state index in [0.717, 1.165) is 29.7 Å². The molecule has 0 atom stereocenters. The van der Waals surface area contributed by atoms with Crippen LogP contribution in [0.5, 0.6) is 0 Å². The largest absolute Gasteiger partial charge is 0.338 e. The number of carbonyl (C=O) groups excluding carboxylic acids is 1. The van der Waals surface area contributed by atoms with Crippen molar-refractivity contribution >= 4 is 18.7 Å². The van der Waals surface area contributed by atoms with Gasteiger partial charge in [0.15, 0.2) is 0 Å². The molecule has 0 saturated heterocycles. The van der Waals surface area contributed by atoms with Crippen LogP contribution in [0.1, 0.15) is 24.8 Å². The number of aromatic nitrogens is 1. The summed E-state index contributed by atoms with van der Waals surface area (Å²) in [5, 5.41) is 5.58. The first-order chi connectivity index (χ1) is 14.7. The minimum absolute atomic E-state index is 0.137. The van der Waals surface area contributed by atoms with Crippen LogP contribution >= 0.6 is 12.6 Å². The number of urea groups is 1. The van der Waals surface area contributed by atoms with Gasteiger partial charge in [-0.2, -0.15) is 0 Å². The van der Waals surface area contributed by atoms with Crippen LogP contribution in [0.2, 0.25) is 0 Å². The number of nitrogens with one attached hydrogen (secondary N) is 2. The third kappa shape index (κ3) is 9.11. The lowest BCUT2D eigenvalue weighted by Crippen LogP contribution is -2.35. The predicted octanol–water partition coefficient (Wildman–Crippen LogP) is 4.65. The van der Waals surface area contributed by atoms with Crippen LogP contribution in [0.3, 0.4) is 0 Å². The van der Waals surface area contributed by atoms with Crippen LogP contribution < -0.4 is 16.4 Å². The summed E-state index contributed by atoms with van der Waals surface area (Å²) in [5.41, 5.74) is 8.77. The Bertz CT molecular complexity index is 859. The molecule has 5 nitrogen and oxygen atoms in total. The van der Waals surface area contributed by atoms with E-state index in [1.807, 2.05) is 48.5 Å². The monoisotopic (exact) mass is 422 g/mol. The maximum Gasteiger partial charge on any atom is 0.315 e. The molecule has 0 aliphatic rings. The number of thiol groups is 1. The van der Waals surface area contributed by atoms with E-state index < -0.39 is 0 Å². The van der Waals surface area contributed by atoms with Gasteiger partial charge in [-0.15, -0.1) is 12.6 Å². The first-order valence-corrected chi connectivity index (χ1v) is 10.6. The zero-order valence-electron chi connectivity index (χ0n) is 17.1. The second-order valence-corrected chi connectivity index (χ2v) is 7.19. The number of carbonyl (C=O) groups is 1. The summed E-state index contributed by atoms with van der Waals surface area (Å²) in [5.74, 6) is 0. The highest BCUT2D eigenvalue weighted by Crippen LogP contribution is 2.25. The molecule has 158 valence electrons. The van der Waals surface area contributed by atoms with Gasteiger partial charge in [0.25, 0.3) is 0 Å². The predicted molar refractivity (Wildman–Crippen MR) is 127 cm³/mol. The number of hydrogen-bond donors (Lipinski definition) is 4. The van der Waals surface area contributed by atoms with Gasteiger partial charge >= 0.3 is 6.03 Å². The van der Waals surface area contributed by atoms with Crippen molar-refractivity contribution in [3.63, 3.8) is 0 Å². The zero-order chi connectivity index (χ0) is 21.4. The van der Waals surface area contributed by atoms with Crippen LogP contribution in [-0.4, -0.2) is 24.1 Å². The summed E-state index contributed by atoms with van der Waals surface area (Å²) in [6, 6.07) is 22.0. The quantitative estimate of drug-likeness (QED) is 0.315. The molecule has 30 heavy (non-hydrogen) atoms. The van der Waals surface area contributed by atoms with Crippen molar-refractivity contribution in [1.29, 1.82) is 0 Å². The Morgan fingerprint density at radius 3 is 2.37 bits per heavy atom. The number of benzene rings is 2. The van der Waals surface area contributed by atoms with Crippen LogP contribution in [0.4, 0.5) is 4.79 Å². The van der Waals surface area contributed by atoms with E-state index in [-0.39, 0.29) is 6.03 Å². The molecule has 3 rings (SSSR count). The van der Waals surface area contributed by atoms with Crippen molar-refractivity contribution in [3.8, 4) is 11.1 Å². The van der Waals surface area contributed by atoms with E-state index in [4.69, 9.17) is 5.73 Å². The van der Waals surface area contributed by atoms with Gasteiger partial charge in [-0.3, -0.25) is 4.98 Å². The molecule has 1 heterocycles. The zero-order valence-corrected chi connectivity index (χ0v) is 18.0. The number of rotatable bonds is 8. The fraction of sp³-hybridized carbons (Fsp3) is 0.250. The van der Waals surface area contributed by atoms with E-state index in [9.17, 15) is 4.79 Å². The SMILES string of the molecule is NCCCCCNC(=O)NCc1cccnc1.Sc1ccccc1-c1ccccc1. The van der Waals surface area contributed by atoms with Crippen molar-refractivity contribution in [2.75, 3.05) is 13.1 Å². The van der Waals surface area contributed by atoms with Gasteiger partial charge in [-0.05, 0) is 48.2 Å². The summed E-state index contributed by atoms with van der Waals surface area (Å²) < 4.78 is 0. The standard InChI is InChI=1S/C12H20N4O.C12H10S/c13-6-2-1-3-8-15-12(17)16-10-11-5-4-7-14-9-11;13-12-9-5-4-8-11(12)10-6-2-1-3-7-10/h4-5,7,9H,1-3,6,8,10,13H2,(H2,15,16,17);1-9,13H. The minimum atomic E-state index is -0.137. The van der Waals surface area contributed by atoms with Crippen LogP contribution in [0.25, 0.3) is 11.1 Å². The maximum absolute atomic E-state index is 11.4. The van der Waals surface area contributed by atoms with E-state index in [0.29, 0.717) is 19.6 Å². The molecular formula is C24H30N4OS. The molecule has 0 radical (unpaired) electrons. The molecule has 0 aliphatic carbocycles. The Morgan fingerprint density at radius 2 is 1.67 bits per heavy atom. The van der Waals surface area contributed by atoms with Crippen molar-refractivity contribution in [2.45, 2.75) is 30.7 Å². The summed E-state index contributed by atoms with van der Waals surface area (Å²) >= 11 is 4.41. The maximum atomic E-state index is 11.4. The Kier molecular flexibility index (Phi) is 11.1. The lowest BCUT2D eigenvalue weighted by atomic mass is 10.1. The summed E-state index contributed by atoms with van der Waals surface area (Å²) in [6.07, 6.45) is 6.48. The van der Waals surface area contributed by atoms with Crippen LogP contribution in [0.15, 0.2) is 84.0 Å². The Labute approximate surface area is 184 Å². The molecule has 1 aromatic heterocycles. The first kappa shape index (κ1) is 23.4. The molecule has 0 spiro atoms. The van der Waals surface area contributed by atoms with Crippen molar-refractivity contribution in [3.05, 3.63) is 84.7 Å². The fourth-order valence-electron chi connectivity index (χ4n) is 2.73. The van der Waals surface area contributed by atoms with Crippen molar-refractivity contribution < 1.29 is 4.79 Å². The highest BCUT2D eigenvalue weighted by molar-refractivity contribution is 7.80. The van der Waals surface area contributed by atoms with Gasteiger partial charge in [0.1, 0.15) is 0 Å². The molecule has 6 heteroatoms. The van der Waals surface area contributed by atoms with Gasteiger partial charge in [0.05, 0.1) is 0 Å². The van der Waals surface area contributed by atoms with Gasteiger partial charge in [-0.1, -0.05) is 61.0 Å². The van der Waals surface area contributed by atoms with Crippen LogP contribution in [0, 0.1) is 0 Å². The van der Waals surface area contributed by atoms with Gasteiger partial charge < -0.3 is 16.4 Å². The molecule has 3 aromatic rings. The Balaban J connectivity index is 0.000000220. The fourth-order valence-corrected chi connectivity index (χ4v) is 3.02. The van der Waals surface area contributed by atoms with Crippen molar-refractivity contribution in [1.82, 2.24) is 15.6 Å². The van der Waals surface area contributed by atoms with E-state index in [2.05, 4.69) is 46.4 Å². The average Bonchev–Trinajstić information content (AvgIpc) is 2.80. The number of nitrogens with zero attached hydrogens (tertiary/aromatic N) is 1. The minimum Gasteiger partial charge on any atom is -0.338 e. The molecule has 2 amide bonds. The molecule has 0 unspecified atom stereocenters. The summed E-state index contributed by atoms with van der Waals surface area (Å²) in [4.78, 5) is 16.4. The second-order valence-electron chi connectivity index (χ2n) is 6.70. The third-order valence-electron chi connectivity index (χ3n) is 4.33. The normalized spacial score (nSPS) is 9.93. The lowest BCUT2D eigenvalue weighted by Gasteiger charge is -2.07. The van der Waals surface area contributed by atoms with E-state index >= 15 is 0 Å². The molecular weight excluding hydrogens is 392 g/mol. The number of hydrogen-bond acceptors (Lipinski definition) is 4. The number of amides is 2. The highest BCUT2D eigenvalue weighted by atomic mass is 32.1. The Hall–Kier alpha value is -2.83. The number of unbranched alkanes of at least 4 members (excludes halogenated alkanes) is 2. The molecule has 0 bridgehead atoms. The van der Waals surface area contributed by atoms with Gasteiger partial charge in [0, 0.05) is 30.4 Å². The molecule has 2 aromatic carbocycles. The molecule has 0 aliphatic heterocycles. The molecule has 0 fully saturated rings. The molecule has 4 N–H and O–H groups in total. The lowest BCUT2D eigenvalue weighted by molar-refractivity contribution is 0.240. The summed E-state index contributed by atoms with van der Waals surface area (Å²) in [7, 11) is 0. The smallest absolute Gasteiger partial charge is 0.315 e. The van der Waals surface area contributed by atoms with Crippen molar-refractivity contribution in [2.24, 2.45) is 5.73 Å².